The predicted molar refractivity (Wildman–Crippen MR) is 78.0 cm³/mol. The van der Waals surface area contributed by atoms with Gasteiger partial charge < -0.3 is 30.6 Å². The minimum absolute atomic E-state index is 0.00949. The van der Waals surface area contributed by atoms with Crippen LogP contribution >= 0.6 is 0 Å². The van der Waals surface area contributed by atoms with Crippen LogP contribution < -0.4 is 20.4 Å². The first-order valence-electron chi connectivity index (χ1n) is 6.69. The third-order valence-electron chi connectivity index (χ3n) is 3.34. The number of nitrogens with two attached hydrogens (primary N) is 1. The first kappa shape index (κ1) is 16.6. The van der Waals surface area contributed by atoms with E-state index in [1.165, 1.54) is 13.2 Å². The van der Waals surface area contributed by atoms with Crippen molar-refractivity contribution in [3.8, 4) is 11.5 Å². The minimum atomic E-state index is -1.47. The quantitative estimate of drug-likeness (QED) is 0.389. The maximum absolute atomic E-state index is 11.6. The molecule has 0 unspecified atom stereocenters. The average Bonchev–Trinajstić information content (AvgIpc) is 2.45. The number of hydrogen-bond donors (Lipinski definition) is 4. The Kier molecular flexibility index (Phi) is 4.75. The Balaban J connectivity index is 2.27. The van der Waals surface area contributed by atoms with Crippen molar-refractivity contribution in [2.45, 2.75) is 18.8 Å². The number of amides is 2. The molecule has 23 heavy (non-hydrogen) atoms. The van der Waals surface area contributed by atoms with Gasteiger partial charge in [0.05, 0.1) is 13.1 Å². The third-order valence-corrected chi connectivity index (χ3v) is 3.34. The Labute approximate surface area is 131 Å². The lowest BCUT2D eigenvalue weighted by Crippen LogP contribution is -2.53. The third kappa shape index (κ3) is 3.54. The van der Waals surface area contributed by atoms with Crippen molar-refractivity contribution in [3.63, 3.8) is 0 Å². The molecule has 0 radical (unpaired) electrons. The summed E-state index contributed by atoms with van der Waals surface area (Å²) in [5.74, 6) is -3.46. The van der Waals surface area contributed by atoms with Crippen LogP contribution in [-0.4, -0.2) is 48.1 Å². The van der Waals surface area contributed by atoms with Crippen LogP contribution in [0.15, 0.2) is 12.1 Å². The number of ether oxygens (including phenoxy) is 1. The van der Waals surface area contributed by atoms with Crippen molar-refractivity contribution in [1.29, 1.82) is 0 Å². The van der Waals surface area contributed by atoms with Crippen LogP contribution in [0.4, 0.5) is 0 Å². The van der Waals surface area contributed by atoms with Crippen LogP contribution in [0.25, 0.3) is 0 Å². The molecule has 122 valence electrons. The summed E-state index contributed by atoms with van der Waals surface area (Å²) in [4.78, 5) is 33.6. The maximum atomic E-state index is 11.6. The Morgan fingerprint density at radius 1 is 1.48 bits per heavy atom. The molecule has 5 N–H and O–H groups in total. The fourth-order valence-corrected chi connectivity index (χ4v) is 2.35. The highest BCUT2D eigenvalue weighted by Gasteiger charge is 2.38. The highest BCUT2D eigenvalue weighted by molar-refractivity contribution is 6.47. The van der Waals surface area contributed by atoms with Crippen LogP contribution in [0.5, 0.6) is 11.5 Å². The number of nitrogens with one attached hydrogen (secondary N) is 1. The van der Waals surface area contributed by atoms with Gasteiger partial charge in [0.2, 0.25) is 11.8 Å². The maximum Gasteiger partial charge on any atom is 0.547 e. The number of fused-ring (bicyclic) bond motifs is 1. The van der Waals surface area contributed by atoms with Gasteiger partial charge >= 0.3 is 13.1 Å². The number of benzene rings is 1. The van der Waals surface area contributed by atoms with Crippen LogP contribution in [0.1, 0.15) is 22.3 Å². The van der Waals surface area contributed by atoms with E-state index < -0.39 is 37.3 Å². The molecule has 1 aliphatic heterocycles. The summed E-state index contributed by atoms with van der Waals surface area (Å²) in [7, 11) is -0.148. The molecule has 1 heterocycles. The van der Waals surface area contributed by atoms with Gasteiger partial charge in [-0.15, -0.1) is 0 Å². The lowest BCUT2D eigenvalue weighted by molar-refractivity contribution is -0.127. The number of methoxy groups -OCH3 is 1. The second-order valence-corrected chi connectivity index (χ2v) is 4.97. The highest BCUT2D eigenvalue weighted by atomic mass is 16.5. The van der Waals surface area contributed by atoms with Gasteiger partial charge in [-0.2, -0.15) is 0 Å². The van der Waals surface area contributed by atoms with Crippen molar-refractivity contribution < 1.29 is 33.9 Å². The number of aromatic carboxylic acids is 1. The Morgan fingerprint density at radius 3 is 2.74 bits per heavy atom. The van der Waals surface area contributed by atoms with E-state index in [9.17, 15) is 24.5 Å². The fourth-order valence-electron chi connectivity index (χ4n) is 2.35. The Morgan fingerprint density at radius 2 is 2.17 bits per heavy atom. The highest BCUT2D eigenvalue weighted by Crippen LogP contribution is 2.36. The first-order chi connectivity index (χ1) is 10.8. The summed E-state index contributed by atoms with van der Waals surface area (Å²) in [5.41, 5.74) is 5.20. The van der Waals surface area contributed by atoms with Crippen molar-refractivity contribution in [2.75, 3.05) is 7.11 Å². The number of carbonyl (C=O) groups excluding carboxylic acids is 2. The van der Waals surface area contributed by atoms with Gasteiger partial charge in [0.1, 0.15) is 23.5 Å². The number of carbonyl (C=O) groups is 3. The molecule has 0 saturated carbocycles. The van der Waals surface area contributed by atoms with Crippen LogP contribution in [0, 0.1) is 0 Å². The summed E-state index contributed by atoms with van der Waals surface area (Å²) in [6, 6.07) is 3.05. The second kappa shape index (κ2) is 6.57. The van der Waals surface area contributed by atoms with Crippen molar-refractivity contribution in [1.82, 2.24) is 5.32 Å². The van der Waals surface area contributed by atoms with Gasteiger partial charge in [-0.3, -0.25) is 9.59 Å². The van der Waals surface area contributed by atoms with E-state index in [2.05, 4.69) is 5.32 Å². The predicted octanol–water partition coefficient (Wildman–Crippen LogP) is -1.29. The molecule has 0 bridgehead atoms. The van der Waals surface area contributed by atoms with Gasteiger partial charge in [-0.1, -0.05) is 6.07 Å². The fraction of sp³-hybridized carbons (Fsp3) is 0.308. The van der Waals surface area contributed by atoms with Gasteiger partial charge in [0.25, 0.3) is 0 Å². The topological polar surface area (TPSA) is 148 Å². The van der Waals surface area contributed by atoms with E-state index in [-0.39, 0.29) is 23.5 Å². The minimum Gasteiger partial charge on any atom is -0.534 e. The van der Waals surface area contributed by atoms with Gasteiger partial charge in [-0.25, -0.2) is 4.79 Å². The molecule has 1 aromatic rings. The zero-order valence-corrected chi connectivity index (χ0v) is 12.2. The molecule has 1 aromatic carbocycles. The molecular weight excluding hydrogens is 307 g/mol. The van der Waals surface area contributed by atoms with Gasteiger partial charge in [0, 0.05) is 0 Å². The van der Waals surface area contributed by atoms with E-state index in [0.717, 1.165) is 0 Å². The Hall–Kier alpha value is -2.75. The lowest BCUT2D eigenvalue weighted by Gasteiger charge is -2.29. The lowest BCUT2D eigenvalue weighted by atomic mass is 9.72. The summed E-state index contributed by atoms with van der Waals surface area (Å²) in [5, 5.41) is 21.7. The standard InChI is InChI=1S/C13H15BN2O7/c1-22-7-3-2-6-4-8(16-10(18)5-9(15)17)14(21)23-12(6)11(7)13(19)20/h2-3,8,21H,4-5H2,1H3,(H2,15,17)(H,16,18)(H,19,20)/t8-/m0/s1. The van der Waals surface area contributed by atoms with Crippen molar-refractivity contribution >= 4 is 24.9 Å². The van der Waals surface area contributed by atoms with E-state index in [4.69, 9.17) is 15.1 Å². The first-order valence-corrected chi connectivity index (χ1v) is 6.69. The number of rotatable bonds is 5. The van der Waals surface area contributed by atoms with Gasteiger partial charge in [-0.05, 0) is 18.1 Å². The largest absolute Gasteiger partial charge is 0.547 e. The summed E-state index contributed by atoms with van der Waals surface area (Å²) in [6.45, 7) is 0. The molecular formula is C13H15BN2O7. The van der Waals surface area contributed by atoms with E-state index in [0.29, 0.717) is 5.56 Å². The van der Waals surface area contributed by atoms with E-state index >= 15 is 0 Å². The number of carboxylic acid groups (broad SMARTS) is 1. The molecule has 2 rings (SSSR count). The molecule has 2 amide bonds. The molecule has 9 nitrogen and oxygen atoms in total. The summed E-state index contributed by atoms with van der Waals surface area (Å²) in [6.07, 6.45) is -0.385. The molecule has 0 aliphatic carbocycles. The Bertz CT molecular complexity index is 664. The molecule has 1 aliphatic rings. The molecule has 10 heteroatoms. The van der Waals surface area contributed by atoms with Crippen LogP contribution in [0.3, 0.4) is 0 Å². The molecule has 1 atom stereocenters. The zero-order chi connectivity index (χ0) is 17.1. The van der Waals surface area contributed by atoms with E-state index in [1.54, 1.807) is 6.07 Å². The number of carboxylic acids is 1. The average molecular weight is 322 g/mol. The molecule has 0 saturated heterocycles. The van der Waals surface area contributed by atoms with Crippen molar-refractivity contribution in [3.05, 3.63) is 23.3 Å². The molecule has 0 fully saturated rings. The van der Waals surface area contributed by atoms with Gasteiger partial charge in [0.15, 0.2) is 0 Å². The van der Waals surface area contributed by atoms with Crippen LogP contribution in [-0.2, 0) is 16.0 Å². The second-order valence-electron chi connectivity index (χ2n) is 4.97. The molecule has 0 spiro atoms. The number of hydrogen-bond acceptors (Lipinski definition) is 6. The summed E-state index contributed by atoms with van der Waals surface area (Å²) >= 11 is 0. The smallest absolute Gasteiger partial charge is 0.534 e. The zero-order valence-electron chi connectivity index (χ0n) is 12.2. The van der Waals surface area contributed by atoms with Crippen molar-refractivity contribution in [2.24, 2.45) is 5.73 Å². The van der Waals surface area contributed by atoms with E-state index in [1.807, 2.05) is 0 Å². The van der Waals surface area contributed by atoms with Crippen LogP contribution in [0.2, 0.25) is 0 Å². The summed E-state index contributed by atoms with van der Waals surface area (Å²) < 4.78 is 10.2. The number of primary amides is 1. The normalized spacial score (nSPS) is 16.1. The monoisotopic (exact) mass is 322 g/mol. The molecule has 0 aromatic heterocycles. The SMILES string of the molecule is COc1ccc2c(c1C(=O)O)OB(O)[C@@H](NC(=O)CC(N)=O)C2.